The first-order valence-electron chi connectivity index (χ1n) is 10.7. The molecule has 0 spiro atoms. The first kappa shape index (κ1) is 21.0. The van der Waals surface area contributed by atoms with Gasteiger partial charge in [-0.2, -0.15) is 4.31 Å². The van der Waals surface area contributed by atoms with E-state index in [1.807, 2.05) is 44.3 Å². The molecular weight excluding hydrogens is 396 g/mol. The fraction of sp³-hybridized carbons (Fsp3) is 0.435. The molecule has 2 heterocycles. The first-order valence-corrected chi connectivity index (χ1v) is 12.1. The zero-order valence-corrected chi connectivity index (χ0v) is 18.5. The summed E-state index contributed by atoms with van der Waals surface area (Å²) in [5, 5.41) is 3.34. The van der Waals surface area contributed by atoms with Crippen molar-refractivity contribution < 1.29 is 8.42 Å². The zero-order chi connectivity index (χ0) is 21.1. The average molecular weight is 427 g/mol. The zero-order valence-electron chi connectivity index (χ0n) is 17.7. The second-order valence-electron chi connectivity index (χ2n) is 8.09. The van der Waals surface area contributed by atoms with Crippen molar-refractivity contribution >= 4 is 21.1 Å². The van der Waals surface area contributed by atoms with Gasteiger partial charge in [-0.05, 0) is 63.5 Å². The number of hydrogen-bond donors (Lipinski definition) is 1. The molecular formula is C23H30N4O2S. The van der Waals surface area contributed by atoms with Crippen LogP contribution in [0.25, 0.3) is 11.0 Å². The number of fused-ring (bicyclic) bond motifs is 1. The monoisotopic (exact) mass is 426 g/mol. The molecule has 2 aromatic carbocycles. The van der Waals surface area contributed by atoms with Crippen molar-refractivity contribution in [2.45, 2.75) is 43.5 Å². The van der Waals surface area contributed by atoms with Crippen LogP contribution in [0.15, 0.2) is 53.4 Å². The van der Waals surface area contributed by atoms with Crippen molar-refractivity contribution in [2.24, 2.45) is 7.05 Å². The second-order valence-corrected chi connectivity index (χ2v) is 9.98. The predicted molar refractivity (Wildman–Crippen MR) is 120 cm³/mol. The van der Waals surface area contributed by atoms with E-state index in [9.17, 15) is 8.42 Å². The van der Waals surface area contributed by atoms with Crippen LogP contribution in [0.3, 0.4) is 0 Å². The number of sulfonamides is 1. The van der Waals surface area contributed by atoms with Gasteiger partial charge in [0.15, 0.2) is 0 Å². The van der Waals surface area contributed by atoms with E-state index < -0.39 is 10.0 Å². The van der Waals surface area contributed by atoms with Crippen molar-refractivity contribution in [3.8, 4) is 0 Å². The molecule has 3 aromatic rings. The Morgan fingerprint density at radius 2 is 1.80 bits per heavy atom. The lowest BCUT2D eigenvalue weighted by atomic mass is 10.1. The van der Waals surface area contributed by atoms with Gasteiger partial charge >= 0.3 is 0 Å². The molecule has 1 aliphatic heterocycles. The van der Waals surface area contributed by atoms with Crippen molar-refractivity contribution in [2.75, 3.05) is 19.6 Å². The number of imidazole rings is 1. The Hall–Kier alpha value is -2.22. The highest BCUT2D eigenvalue weighted by Crippen LogP contribution is 2.24. The minimum atomic E-state index is -3.53. The van der Waals surface area contributed by atoms with E-state index in [-0.39, 0.29) is 6.04 Å². The van der Waals surface area contributed by atoms with Gasteiger partial charge in [-0.1, -0.05) is 29.8 Å². The summed E-state index contributed by atoms with van der Waals surface area (Å²) in [4.78, 5) is 5.12. The molecule has 0 bridgehead atoms. The number of para-hydroxylation sites is 2. The molecule has 0 radical (unpaired) electrons. The van der Waals surface area contributed by atoms with Crippen LogP contribution in [-0.2, 0) is 23.5 Å². The average Bonchev–Trinajstić information content (AvgIpc) is 3.08. The lowest BCUT2D eigenvalue weighted by molar-refractivity contribution is 0.259. The van der Waals surface area contributed by atoms with E-state index >= 15 is 0 Å². The van der Waals surface area contributed by atoms with Gasteiger partial charge in [-0.15, -0.1) is 0 Å². The van der Waals surface area contributed by atoms with Crippen LogP contribution in [0.2, 0.25) is 0 Å². The van der Waals surface area contributed by atoms with Gasteiger partial charge in [-0.3, -0.25) is 0 Å². The summed E-state index contributed by atoms with van der Waals surface area (Å²) in [6.45, 7) is 4.19. The first-order chi connectivity index (χ1) is 14.5. The van der Waals surface area contributed by atoms with E-state index in [0.29, 0.717) is 11.4 Å². The molecule has 160 valence electrons. The maximum atomic E-state index is 13.5. The Bertz CT molecular complexity index is 1100. The van der Waals surface area contributed by atoms with Gasteiger partial charge in [0.2, 0.25) is 10.0 Å². The van der Waals surface area contributed by atoms with Crippen molar-refractivity contribution in [1.82, 2.24) is 19.2 Å². The number of rotatable bonds is 7. The Kier molecular flexibility index (Phi) is 6.22. The smallest absolute Gasteiger partial charge is 0.243 e. The van der Waals surface area contributed by atoms with E-state index in [1.165, 1.54) is 0 Å². The maximum absolute atomic E-state index is 13.5. The van der Waals surface area contributed by atoms with Crippen molar-refractivity contribution in [3.05, 3.63) is 59.9 Å². The van der Waals surface area contributed by atoms with Gasteiger partial charge < -0.3 is 9.88 Å². The summed E-state index contributed by atoms with van der Waals surface area (Å²) >= 11 is 0. The summed E-state index contributed by atoms with van der Waals surface area (Å²) in [5.74, 6) is 0.995. The molecule has 6 nitrogen and oxygen atoms in total. The van der Waals surface area contributed by atoms with Gasteiger partial charge in [0.05, 0.1) is 15.9 Å². The lowest BCUT2D eigenvalue weighted by Gasteiger charge is -2.33. The largest absolute Gasteiger partial charge is 0.331 e. The number of benzene rings is 2. The Labute approximate surface area is 179 Å². The third-order valence-electron chi connectivity index (χ3n) is 6.00. The topological polar surface area (TPSA) is 67.2 Å². The van der Waals surface area contributed by atoms with Crippen LogP contribution in [0.4, 0.5) is 0 Å². The summed E-state index contributed by atoms with van der Waals surface area (Å²) in [6, 6.07) is 15.3. The van der Waals surface area contributed by atoms with Gasteiger partial charge in [-0.25, -0.2) is 13.4 Å². The summed E-state index contributed by atoms with van der Waals surface area (Å²) < 4.78 is 30.8. The summed E-state index contributed by atoms with van der Waals surface area (Å²) in [5.41, 5.74) is 3.15. The van der Waals surface area contributed by atoms with Crippen LogP contribution >= 0.6 is 0 Å². The molecule has 0 aliphatic carbocycles. The molecule has 0 atom stereocenters. The Morgan fingerprint density at radius 3 is 2.50 bits per heavy atom. The molecule has 30 heavy (non-hydrogen) atoms. The molecule has 7 heteroatoms. The standard InChI is InChI=1S/C23H30N4O2S/c1-18-9-11-20(12-10-18)30(28,29)27(19-13-15-24-16-14-19)17-5-8-23-25-21-6-3-4-7-22(21)26(23)2/h3-4,6-7,9-12,19,24H,5,8,13-17H2,1-2H3. The van der Waals surface area contributed by atoms with Gasteiger partial charge in [0, 0.05) is 26.1 Å². The third-order valence-corrected chi connectivity index (χ3v) is 7.97. The number of nitrogens with zero attached hydrogens (tertiary/aromatic N) is 3. The van der Waals surface area contributed by atoms with Gasteiger partial charge in [0.1, 0.15) is 5.82 Å². The summed E-state index contributed by atoms with van der Waals surface area (Å²) in [6.07, 6.45) is 3.18. The molecule has 1 N–H and O–H groups in total. The molecule has 1 fully saturated rings. The molecule has 0 saturated carbocycles. The van der Waals surface area contributed by atoms with Crippen molar-refractivity contribution in [1.29, 1.82) is 0 Å². The minimum absolute atomic E-state index is 0.0398. The number of piperidine rings is 1. The van der Waals surface area contributed by atoms with E-state index in [0.717, 1.165) is 61.2 Å². The molecule has 1 saturated heterocycles. The number of aryl methyl sites for hydroxylation is 3. The molecule has 0 amide bonds. The van der Waals surface area contributed by atoms with E-state index in [1.54, 1.807) is 16.4 Å². The molecule has 1 aliphatic rings. The summed E-state index contributed by atoms with van der Waals surface area (Å²) in [7, 11) is -1.50. The highest BCUT2D eigenvalue weighted by Gasteiger charge is 2.32. The fourth-order valence-corrected chi connectivity index (χ4v) is 5.97. The highest BCUT2D eigenvalue weighted by molar-refractivity contribution is 7.89. The molecule has 1 aromatic heterocycles. The fourth-order valence-electron chi connectivity index (χ4n) is 4.25. The Balaban J connectivity index is 1.54. The lowest BCUT2D eigenvalue weighted by Crippen LogP contribution is -2.46. The Morgan fingerprint density at radius 1 is 1.10 bits per heavy atom. The molecule has 4 rings (SSSR count). The number of hydrogen-bond acceptors (Lipinski definition) is 4. The normalized spacial score (nSPS) is 15.8. The minimum Gasteiger partial charge on any atom is -0.331 e. The van der Waals surface area contributed by atoms with E-state index in [4.69, 9.17) is 4.98 Å². The third kappa shape index (κ3) is 4.29. The van der Waals surface area contributed by atoms with Crippen LogP contribution in [0.5, 0.6) is 0 Å². The quantitative estimate of drug-likeness (QED) is 0.630. The van der Waals surface area contributed by atoms with Crippen LogP contribution in [0, 0.1) is 6.92 Å². The van der Waals surface area contributed by atoms with Crippen LogP contribution in [-0.4, -0.2) is 48.0 Å². The number of aromatic nitrogens is 2. The maximum Gasteiger partial charge on any atom is 0.243 e. The van der Waals surface area contributed by atoms with Crippen LogP contribution < -0.4 is 5.32 Å². The SMILES string of the molecule is Cc1ccc(S(=O)(=O)N(CCCc2nc3ccccc3n2C)C2CCNCC2)cc1. The van der Waals surface area contributed by atoms with Crippen molar-refractivity contribution in [3.63, 3.8) is 0 Å². The predicted octanol–water partition coefficient (Wildman–Crippen LogP) is 3.26. The van der Waals surface area contributed by atoms with Crippen LogP contribution in [0.1, 0.15) is 30.7 Å². The second kappa shape index (κ2) is 8.88. The number of nitrogens with one attached hydrogen (secondary N) is 1. The van der Waals surface area contributed by atoms with E-state index in [2.05, 4.69) is 16.0 Å². The van der Waals surface area contributed by atoms with Gasteiger partial charge in [0.25, 0.3) is 0 Å². The molecule has 0 unspecified atom stereocenters. The highest BCUT2D eigenvalue weighted by atomic mass is 32.2.